The molecule has 4 rings (SSSR count). The fourth-order valence-corrected chi connectivity index (χ4v) is 4.90. The number of anilines is 3. The van der Waals surface area contributed by atoms with Crippen molar-refractivity contribution in [2.24, 2.45) is 0 Å². The third-order valence-electron chi connectivity index (χ3n) is 6.00. The summed E-state index contributed by atoms with van der Waals surface area (Å²) < 4.78 is 11.0. The highest BCUT2D eigenvalue weighted by Gasteiger charge is 2.25. The highest BCUT2D eigenvalue weighted by Crippen LogP contribution is 2.27. The van der Waals surface area contributed by atoms with Crippen LogP contribution in [0.3, 0.4) is 0 Å². The molecule has 0 unspecified atom stereocenters. The summed E-state index contributed by atoms with van der Waals surface area (Å²) in [5.74, 6) is 0.704. The van der Waals surface area contributed by atoms with Crippen molar-refractivity contribution in [1.82, 2.24) is 4.90 Å². The molecule has 0 spiro atoms. The number of rotatable bonds is 9. The van der Waals surface area contributed by atoms with Crippen molar-refractivity contribution in [3.8, 4) is 5.75 Å². The number of nitrogens with zero attached hydrogens (tertiary/aromatic N) is 2. The number of hydrogen-bond acceptors (Lipinski definition) is 6. The molecular weight excluding hydrogens is 476 g/mol. The Balaban J connectivity index is 1.52. The molecule has 8 nitrogen and oxygen atoms in total. The zero-order chi connectivity index (χ0) is 25.5. The zero-order valence-electron chi connectivity index (χ0n) is 20.8. The topological polar surface area (TPSA) is 83.1 Å². The van der Waals surface area contributed by atoms with Gasteiger partial charge in [-0.1, -0.05) is 6.07 Å². The van der Waals surface area contributed by atoms with Gasteiger partial charge in [0.1, 0.15) is 5.75 Å². The Morgan fingerprint density at radius 2 is 1.83 bits per heavy atom. The molecular formula is C27H32N4O4S. The number of methoxy groups -OCH3 is 1. The molecule has 2 N–H and O–H groups in total. The van der Waals surface area contributed by atoms with Crippen LogP contribution in [-0.2, 0) is 11.3 Å². The first kappa shape index (κ1) is 25.5. The predicted molar refractivity (Wildman–Crippen MR) is 144 cm³/mol. The van der Waals surface area contributed by atoms with E-state index in [9.17, 15) is 9.59 Å². The first-order valence-electron chi connectivity index (χ1n) is 11.9. The summed E-state index contributed by atoms with van der Waals surface area (Å²) in [6.07, 6.45) is 1.99. The van der Waals surface area contributed by atoms with Crippen molar-refractivity contribution in [1.29, 1.82) is 0 Å². The van der Waals surface area contributed by atoms with Gasteiger partial charge >= 0.3 is 6.03 Å². The molecule has 9 heteroatoms. The number of ether oxygens (including phenoxy) is 2. The maximum atomic E-state index is 13.4. The van der Waals surface area contributed by atoms with E-state index in [-0.39, 0.29) is 18.0 Å². The minimum atomic E-state index is -0.352. The Labute approximate surface area is 215 Å². The summed E-state index contributed by atoms with van der Waals surface area (Å²) in [7, 11) is 5.53. The molecule has 3 aromatic rings. The van der Waals surface area contributed by atoms with E-state index in [2.05, 4.69) is 10.6 Å². The molecule has 36 heavy (non-hydrogen) atoms. The number of carbonyl (C=O) groups excluding carboxylic acids is 2. The fraction of sp³-hybridized carbons (Fsp3) is 0.333. The summed E-state index contributed by atoms with van der Waals surface area (Å²) >= 11 is 1.44. The largest absolute Gasteiger partial charge is 0.497 e. The summed E-state index contributed by atoms with van der Waals surface area (Å²) in [4.78, 5) is 30.6. The number of thiophene rings is 1. The van der Waals surface area contributed by atoms with Gasteiger partial charge in [0.25, 0.3) is 5.91 Å². The van der Waals surface area contributed by atoms with Crippen molar-refractivity contribution < 1.29 is 19.1 Å². The summed E-state index contributed by atoms with van der Waals surface area (Å²) in [6, 6.07) is 16.2. The van der Waals surface area contributed by atoms with Gasteiger partial charge in [-0.25, -0.2) is 4.79 Å². The van der Waals surface area contributed by atoms with Gasteiger partial charge in [0.2, 0.25) is 0 Å². The zero-order valence-corrected chi connectivity index (χ0v) is 21.6. The second-order valence-corrected chi connectivity index (χ2v) is 9.79. The van der Waals surface area contributed by atoms with Crippen LogP contribution in [0.4, 0.5) is 21.9 Å². The lowest BCUT2D eigenvalue weighted by Crippen LogP contribution is -2.37. The van der Waals surface area contributed by atoms with Crippen LogP contribution in [-0.4, -0.2) is 57.3 Å². The Kier molecular flexibility index (Phi) is 8.45. The van der Waals surface area contributed by atoms with E-state index < -0.39 is 0 Å². The fourth-order valence-electron chi connectivity index (χ4n) is 4.21. The molecule has 1 aromatic heterocycles. The summed E-state index contributed by atoms with van der Waals surface area (Å²) in [6.45, 7) is 1.66. The molecule has 0 radical (unpaired) electrons. The Hall–Kier alpha value is -3.56. The second kappa shape index (κ2) is 11.9. The van der Waals surface area contributed by atoms with Gasteiger partial charge in [0.05, 0.1) is 18.1 Å². The number of nitrogens with one attached hydrogen (secondary N) is 2. The van der Waals surface area contributed by atoms with Crippen LogP contribution in [0.1, 0.15) is 28.1 Å². The molecule has 1 aliphatic heterocycles. The lowest BCUT2D eigenvalue weighted by atomic mass is 10.1. The van der Waals surface area contributed by atoms with Crippen LogP contribution in [0.25, 0.3) is 0 Å². The predicted octanol–water partition coefficient (Wildman–Crippen LogP) is 5.29. The number of carbonyl (C=O) groups is 2. The first-order valence-corrected chi connectivity index (χ1v) is 12.8. The van der Waals surface area contributed by atoms with E-state index in [1.807, 2.05) is 59.6 Å². The average molecular weight is 509 g/mol. The Morgan fingerprint density at radius 1 is 1.08 bits per heavy atom. The minimum absolute atomic E-state index is 0.0131. The monoisotopic (exact) mass is 508 g/mol. The lowest BCUT2D eigenvalue weighted by Gasteiger charge is -2.28. The molecule has 2 heterocycles. The van der Waals surface area contributed by atoms with Gasteiger partial charge in [-0.3, -0.25) is 4.79 Å². The van der Waals surface area contributed by atoms with Gasteiger partial charge in [-0.15, -0.1) is 11.3 Å². The van der Waals surface area contributed by atoms with Gasteiger partial charge in [-0.05, 0) is 72.3 Å². The van der Waals surface area contributed by atoms with Crippen LogP contribution in [0.15, 0.2) is 60.0 Å². The molecule has 190 valence electrons. The number of amides is 3. The van der Waals surface area contributed by atoms with E-state index in [1.54, 1.807) is 31.4 Å². The van der Waals surface area contributed by atoms with Crippen LogP contribution in [0, 0.1) is 0 Å². The highest BCUT2D eigenvalue weighted by atomic mass is 32.1. The first-order chi connectivity index (χ1) is 17.4. The van der Waals surface area contributed by atoms with E-state index in [1.165, 1.54) is 11.3 Å². The van der Waals surface area contributed by atoms with E-state index in [0.717, 1.165) is 36.4 Å². The molecule has 1 atom stereocenters. The Bertz CT molecular complexity index is 1160. The molecule has 1 saturated heterocycles. The van der Waals surface area contributed by atoms with Crippen LogP contribution in [0.2, 0.25) is 0 Å². The van der Waals surface area contributed by atoms with Gasteiger partial charge in [0.15, 0.2) is 0 Å². The third kappa shape index (κ3) is 6.56. The lowest BCUT2D eigenvalue weighted by molar-refractivity contribution is 0.0511. The maximum Gasteiger partial charge on any atom is 0.323 e. The highest BCUT2D eigenvalue weighted by molar-refractivity contribution is 7.12. The van der Waals surface area contributed by atoms with E-state index in [0.29, 0.717) is 29.3 Å². The molecule has 1 fully saturated rings. The second-order valence-electron chi connectivity index (χ2n) is 8.84. The number of urea groups is 1. The SMILES string of the molecule is COc1ccc(NC(=O)Nc2ccc(N(C)C)c(CN(C[C@H]3CCCO3)C(=O)c3cccs3)c2)cc1. The van der Waals surface area contributed by atoms with Crippen molar-refractivity contribution in [2.45, 2.75) is 25.5 Å². The molecule has 0 saturated carbocycles. The van der Waals surface area contributed by atoms with Crippen molar-refractivity contribution in [2.75, 3.05) is 49.9 Å². The standard InChI is InChI=1S/C27H32N4O4S/c1-30(2)24-13-10-21(29-27(33)28-20-8-11-22(34-3)12-9-20)16-19(24)17-31(18-23-6-4-14-35-23)26(32)25-7-5-15-36-25/h5,7-13,15-16,23H,4,6,14,17-18H2,1-3H3,(H2,28,29,33)/t23-/m1/s1. The van der Waals surface area contributed by atoms with E-state index in [4.69, 9.17) is 9.47 Å². The number of benzene rings is 2. The molecule has 2 aromatic carbocycles. The molecule has 3 amide bonds. The third-order valence-corrected chi connectivity index (χ3v) is 6.85. The molecule has 0 bridgehead atoms. The smallest absolute Gasteiger partial charge is 0.323 e. The normalized spacial score (nSPS) is 14.8. The van der Waals surface area contributed by atoms with Crippen molar-refractivity contribution in [3.63, 3.8) is 0 Å². The minimum Gasteiger partial charge on any atom is -0.497 e. The van der Waals surface area contributed by atoms with Gasteiger partial charge in [0, 0.05) is 50.9 Å². The van der Waals surface area contributed by atoms with E-state index >= 15 is 0 Å². The molecule has 1 aliphatic rings. The van der Waals surface area contributed by atoms with Gasteiger partial charge in [-0.2, -0.15) is 0 Å². The average Bonchev–Trinajstić information content (AvgIpc) is 3.58. The number of hydrogen-bond donors (Lipinski definition) is 2. The Morgan fingerprint density at radius 3 is 2.47 bits per heavy atom. The van der Waals surface area contributed by atoms with Crippen LogP contribution >= 0.6 is 11.3 Å². The summed E-state index contributed by atoms with van der Waals surface area (Å²) in [5.41, 5.74) is 3.21. The van der Waals surface area contributed by atoms with Crippen molar-refractivity contribution in [3.05, 3.63) is 70.4 Å². The van der Waals surface area contributed by atoms with Crippen LogP contribution in [0.5, 0.6) is 5.75 Å². The quantitative estimate of drug-likeness (QED) is 0.411. The van der Waals surface area contributed by atoms with Crippen molar-refractivity contribution >= 4 is 40.3 Å². The molecule has 0 aliphatic carbocycles. The van der Waals surface area contributed by atoms with Crippen LogP contribution < -0.4 is 20.3 Å². The summed E-state index contributed by atoms with van der Waals surface area (Å²) in [5, 5.41) is 7.64. The maximum absolute atomic E-state index is 13.4. The van der Waals surface area contributed by atoms with Gasteiger partial charge < -0.3 is 29.9 Å².